The smallest absolute Gasteiger partial charge is 0.243 e. The Balaban J connectivity index is 1.95. The number of rotatable bonds is 6. The van der Waals surface area contributed by atoms with Crippen molar-refractivity contribution in [2.45, 2.75) is 24.8 Å². The van der Waals surface area contributed by atoms with Gasteiger partial charge in [-0.05, 0) is 38.1 Å². The molecule has 1 aromatic rings. The standard InChI is InChI=1S/C15H21N3O3S3/c1-11(2)18(3)24(20,21)13-6-4-12(5-7-13)17-14(19)10-23-15-16-8-9-22-15/h4-7,11H,8-10H2,1-3H3,(H,17,19). The fraction of sp³-hybridized carbons (Fsp3) is 0.467. The lowest BCUT2D eigenvalue weighted by Crippen LogP contribution is -2.33. The van der Waals surface area contributed by atoms with E-state index in [4.69, 9.17) is 0 Å². The van der Waals surface area contributed by atoms with E-state index in [9.17, 15) is 13.2 Å². The number of amides is 1. The molecule has 2 rings (SSSR count). The SMILES string of the molecule is CC(C)N(C)S(=O)(=O)c1ccc(NC(=O)CSC2=NCCS2)cc1. The number of benzene rings is 1. The van der Waals surface area contributed by atoms with E-state index in [-0.39, 0.29) is 16.8 Å². The Kier molecular flexibility index (Phi) is 6.73. The molecule has 0 bridgehead atoms. The van der Waals surface area contributed by atoms with Gasteiger partial charge >= 0.3 is 0 Å². The lowest BCUT2D eigenvalue weighted by atomic mass is 10.3. The minimum Gasteiger partial charge on any atom is -0.325 e. The minimum absolute atomic E-state index is 0.122. The summed E-state index contributed by atoms with van der Waals surface area (Å²) in [5.74, 6) is 1.14. The van der Waals surface area contributed by atoms with Crippen LogP contribution in [-0.2, 0) is 14.8 Å². The lowest BCUT2D eigenvalue weighted by molar-refractivity contribution is -0.113. The highest BCUT2D eigenvalue weighted by Crippen LogP contribution is 2.22. The molecule has 6 nitrogen and oxygen atoms in total. The van der Waals surface area contributed by atoms with Crippen molar-refractivity contribution < 1.29 is 13.2 Å². The quantitative estimate of drug-likeness (QED) is 0.811. The van der Waals surface area contributed by atoms with Gasteiger partial charge in [-0.3, -0.25) is 9.79 Å². The first-order chi connectivity index (χ1) is 11.3. The molecule has 1 aliphatic heterocycles. The van der Waals surface area contributed by atoms with Crippen LogP contribution in [0, 0.1) is 0 Å². The van der Waals surface area contributed by atoms with Crippen LogP contribution in [0.1, 0.15) is 13.8 Å². The van der Waals surface area contributed by atoms with E-state index in [1.165, 1.54) is 28.2 Å². The van der Waals surface area contributed by atoms with Gasteiger partial charge in [-0.2, -0.15) is 4.31 Å². The molecule has 1 N–H and O–H groups in total. The van der Waals surface area contributed by atoms with Crippen molar-refractivity contribution in [2.75, 3.05) is 30.4 Å². The molecule has 0 spiro atoms. The molecule has 0 atom stereocenters. The third kappa shape index (κ3) is 4.98. The second kappa shape index (κ2) is 8.37. The van der Waals surface area contributed by atoms with Crippen LogP contribution in [-0.4, -0.2) is 54.1 Å². The summed E-state index contributed by atoms with van der Waals surface area (Å²) in [7, 11) is -1.95. The van der Waals surface area contributed by atoms with Gasteiger partial charge in [-0.15, -0.1) is 0 Å². The van der Waals surface area contributed by atoms with Crippen LogP contribution in [0.4, 0.5) is 5.69 Å². The van der Waals surface area contributed by atoms with Gasteiger partial charge in [0.25, 0.3) is 0 Å². The number of nitrogens with zero attached hydrogens (tertiary/aromatic N) is 2. The van der Waals surface area contributed by atoms with E-state index >= 15 is 0 Å². The number of carbonyl (C=O) groups is 1. The van der Waals surface area contributed by atoms with Crippen LogP contribution in [0.15, 0.2) is 34.2 Å². The molecule has 0 saturated heterocycles. The number of hydrogen-bond donors (Lipinski definition) is 1. The fourth-order valence-electron chi connectivity index (χ4n) is 1.88. The lowest BCUT2D eigenvalue weighted by Gasteiger charge is -2.21. The number of sulfonamides is 1. The predicted molar refractivity (Wildman–Crippen MR) is 102 cm³/mol. The highest BCUT2D eigenvalue weighted by Gasteiger charge is 2.22. The molecule has 1 aliphatic rings. The molecule has 24 heavy (non-hydrogen) atoms. The first kappa shape index (κ1) is 19.3. The Morgan fingerprint density at radius 3 is 2.58 bits per heavy atom. The molecule has 0 aromatic heterocycles. The van der Waals surface area contributed by atoms with Crippen LogP contribution < -0.4 is 5.32 Å². The second-order valence-corrected chi connectivity index (χ2v) is 9.78. The van der Waals surface area contributed by atoms with Crippen molar-refractivity contribution in [3.05, 3.63) is 24.3 Å². The third-order valence-electron chi connectivity index (χ3n) is 3.43. The third-order valence-corrected chi connectivity index (χ3v) is 7.73. The Bertz CT molecular complexity index is 715. The van der Waals surface area contributed by atoms with Gasteiger partial charge < -0.3 is 5.32 Å². The Morgan fingerprint density at radius 2 is 2.04 bits per heavy atom. The largest absolute Gasteiger partial charge is 0.325 e. The van der Waals surface area contributed by atoms with E-state index in [2.05, 4.69) is 10.3 Å². The molecular formula is C15H21N3O3S3. The molecular weight excluding hydrogens is 366 g/mol. The van der Waals surface area contributed by atoms with Gasteiger partial charge in [-0.25, -0.2) is 8.42 Å². The van der Waals surface area contributed by atoms with Gasteiger partial charge in [0.1, 0.15) is 4.38 Å². The summed E-state index contributed by atoms with van der Waals surface area (Å²) in [4.78, 5) is 16.4. The highest BCUT2D eigenvalue weighted by atomic mass is 32.2. The summed E-state index contributed by atoms with van der Waals surface area (Å²) < 4.78 is 27.0. The zero-order valence-corrected chi connectivity index (χ0v) is 16.3. The Labute approximate surface area is 151 Å². The van der Waals surface area contributed by atoms with Gasteiger partial charge in [0.2, 0.25) is 15.9 Å². The summed E-state index contributed by atoms with van der Waals surface area (Å²) in [5.41, 5.74) is 0.577. The predicted octanol–water partition coefficient (Wildman–Crippen LogP) is 2.49. The van der Waals surface area contributed by atoms with Crippen molar-refractivity contribution in [2.24, 2.45) is 4.99 Å². The first-order valence-corrected chi connectivity index (χ1v) is 10.9. The summed E-state index contributed by atoms with van der Waals surface area (Å²) in [6.07, 6.45) is 0. The van der Waals surface area contributed by atoms with Gasteiger partial charge in [0, 0.05) is 24.5 Å². The summed E-state index contributed by atoms with van der Waals surface area (Å²) in [6, 6.07) is 6.10. The Morgan fingerprint density at radius 1 is 1.38 bits per heavy atom. The first-order valence-electron chi connectivity index (χ1n) is 7.48. The zero-order valence-electron chi connectivity index (χ0n) is 13.9. The molecule has 0 saturated carbocycles. The molecule has 132 valence electrons. The average Bonchev–Trinajstić information content (AvgIpc) is 3.06. The van der Waals surface area contributed by atoms with Crippen molar-refractivity contribution in [1.82, 2.24) is 4.31 Å². The second-order valence-electron chi connectivity index (χ2n) is 5.47. The maximum atomic E-state index is 12.4. The Hall–Kier alpha value is -1.03. The number of thioether (sulfide) groups is 2. The van der Waals surface area contributed by atoms with E-state index in [0.717, 1.165) is 16.7 Å². The maximum Gasteiger partial charge on any atom is 0.243 e. The minimum atomic E-state index is -3.51. The molecule has 1 amide bonds. The average molecular weight is 388 g/mol. The number of hydrogen-bond acceptors (Lipinski definition) is 6. The molecule has 0 fully saturated rings. The molecule has 9 heteroatoms. The van der Waals surface area contributed by atoms with Crippen LogP contribution in [0.2, 0.25) is 0 Å². The molecule has 1 heterocycles. The number of anilines is 1. The van der Waals surface area contributed by atoms with Crippen LogP contribution in [0.3, 0.4) is 0 Å². The maximum absolute atomic E-state index is 12.4. The van der Waals surface area contributed by atoms with Crippen molar-refractivity contribution >= 4 is 49.5 Å². The van der Waals surface area contributed by atoms with Crippen LogP contribution in [0.5, 0.6) is 0 Å². The van der Waals surface area contributed by atoms with Crippen molar-refractivity contribution in [3.8, 4) is 0 Å². The summed E-state index contributed by atoms with van der Waals surface area (Å²) >= 11 is 3.09. The van der Waals surface area contributed by atoms with Crippen molar-refractivity contribution in [3.63, 3.8) is 0 Å². The number of nitrogens with one attached hydrogen (secondary N) is 1. The number of aliphatic imine (C=N–C) groups is 1. The molecule has 1 aromatic carbocycles. The number of carbonyl (C=O) groups excluding carboxylic acids is 1. The van der Waals surface area contributed by atoms with Gasteiger partial charge in [-0.1, -0.05) is 23.5 Å². The summed E-state index contributed by atoms with van der Waals surface area (Å²) in [5, 5.41) is 2.76. The molecule has 0 aliphatic carbocycles. The van der Waals surface area contributed by atoms with E-state index in [1.807, 2.05) is 13.8 Å². The molecule has 0 unspecified atom stereocenters. The van der Waals surface area contributed by atoms with Crippen molar-refractivity contribution in [1.29, 1.82) is 0 Å². The van der Waals surface area contributed by atoms with Crippen LogP contribution >= 0.6 is 23.5 Å². The zero-order chi connectivity index (χ0) is 17.7. The van der Waals surface area contributed by atoms with E-state index in [0.29, 0.717) is 11.4 Å². The van der Waals surface area contributed by atoms with Gasteiger partial charge in [0.15, 0.2) is 0 Å². The van der Waals surface area contributed by atoms with Gasteiger partial charge in [0.05, 0.1) is 17.2 Å². The topological polar surface area (TPSA) is 78.8 Å². The monoisotopic (exact) mass is 387 g/mol. The fourth-order valence-corrected chi connectivity index (χ4v) is 5.06. The van der Waals surface area contributed by atoms with E-state index < -0.39 is 10.0 Å². The summed E-state index contributed by atoms with van der Waals surface area (Å²) in [6.45, 7) is 4.45. The normalized spacial score (nSPS) is 15.0. The van der Waals surface area contributed by atoms with Crippen LogP contribution in [0.25, 0.3) is 0 Å². The highest BCUT2D eigenvalue weighted by molar-refractivity contribution is 8.39. The molecule has 0 radical (unpaired) electrons. The van der Waals surface area contributed by atoms with E-state index in [1.54, 1.807) is 30.9 Å².